The first kappa shape index (κ1) is 15.5. The molecule has 1 aromatic carbocycles. The zero-order valence-electron chi connectivity index (χ0n) is 13.7. The van der Waals surface area contributed by atoms with Crippen molar-refractivity contribution in [2.24, 2.45) is 0 Å². The van der Waals surface area contributed by atoms with Crippen LogP contribution < -0.4 is 20.1 Å². The third-order valence-electron chi connectivity index (χ3n) is 4.33. The topological polar surface area (TPSA) is 50.9 Å². The lowest BCUT2D eigenvalue weighted by Crippen LogP contribution is -3.12. The number of pyridine rings is 1. The number of likely N-dealkylation sites (N-methyl/N-ethyl adjacent to an activating group) is 1. The van der Waals surface area contributed by atoms with Gasteiger partial charge in [0.2, 0.25) is 0 Å². The molecule has 1 aliphatic rings. The first-order valence-corrected chi connectivity index (χ1v) is 8.08. The number of hydrogen-bond donors (Lipinski definition) is 2. The van der Waals surface area contributed by atoms with E-state index in [1.54, 1.807) is 4.90 Å². The summed E-state index contributed by atoms with van der Waals surface area (Å²) in [6, 6.07) is 11.6. The number of carbonyl (C=O) groups is 1. The molecule has 0 radical (unpaired) electrons. The molecule has 0 saturated carbocycles. The molecular formula is C18H24N4O+2. The number of amides is 1. The van der Waals surface area contributed by atoms with Crippen LogP contribution in [0.1, 0.15) is 15.9 Å². The molecule has 1 aromatic heterocycles. The molecule has 3 rings (SSSR count). The summed E-state index contributed by atoms with van der Waals surface area (Å²) in [7, 11) is 2.23. The van der Waals surface area contributed by atoms with Gasteiger partial charge in [0.05, 0.1) is 12.7 Å². The molecule has 1 fully saturated rings. The zero-order chi connectivity index (χ0) is 16.2. The Balaban J connectivity index is 1.63. The fourth-order valence-corrected chi connectivity index (χ4v) is 2.73. The second-order valence-electron chi connectivity index (χ2n) is 6.23. The minimum atomic E-state index is -0.0886. The van der Waals surface area contributed by atoms with E-state index in [2.05, 4.69) is 22.2 Å². The number of nitrogens with one attached hydrogen (secondary N) is 3. The first-order valence-electron chi connectivity index (χ1n) is 8.08. The molecule has 0 atom stereocenters. The molecule has 120 valence electrons. The van der Waals surface area contributed by atoms with Crippen LogP contribution in [0.4, 0.5) is 11.5 Å². The number of aromatic amines is 1. The van der Waals surface area contributed by atoms with Gasteiger partial charge in [0.1, 0.15) is 32.4 Å². The number of benzene rings is 1. The molecule has 0 unspecified atom stereocenters. The van der Waals surface area contributed by atoms with Crippen molar-refractivity contribution in [3.63, 3.8) is 0 Å². The molecule has 0 aliphatic carbocycles. The van der Waals surface area contributed by atoms with Gasteiger partial charge in [-0.2, -0.15) is 0 Å². The van der Waals surface area contributed by atoms with Crippen LogP contribution in [-0.4, -0.2) is 39.1 Å². The zero-order valence-corrected chi connectivity index (χ0v) is 13.7. The van der Waals surface area contributed by atoms with Crippen LogP contribution in [0, 0.1) is 6.92 Å². The van der Waals surface area contributed by atoms with Gasteiger partial charge in [0.25, 0.3) is 11.7 Å². The molecule has 23 heavy (non-hydrogen) atoms. The van der Waals surface area contributed by atoms with E-state index >= 15 is 0 Å². The molecule has 1 aliphatic heterocycles. The van der Waals surface area contributed by atoms with Crippen molar-refractivity contribution < 1.29 is 14.7 Å². The van der Waals surface area contributed by atoms with Gasteiger partial charge in [0.15, 0.2) is 0 Å². The van der Waals surface area contributed by atoms with Crippen LogP contribution in [0.2, 0.25) is 0 Å². The summed E-state index contributed by atoms with van der Waals surface area (Å²) in [5, 5.41) is 2.92. The lowest BCUT2D eigenvalue weighted by atomic mass is 10.1. The maximum absolute atomic E-state index is 12.2. The summed E-state index contributed by atoms with van der Waals surface area (Å²) < 4.78 is 0. The third-order valence-corrected chi connectivity index (χ3v) is 4.33. The number of aromatic nitrogens is 1. The number of anilines is 2. The highest BCUT2D eigenvalue weighted by atomic mass is 16.1. The summed E-state index contributed by atoms with van der Waals surface area (Å²) in [6.45, 7) is 6.42. The highest BCUT2D eigenvalue weighted by Crippen LogP contribution is 2.12. The Morgan fingerprint density at radius 3 is 2.43 bits per heavy atom. The maximum atomic E-state index is 12.2. The smallest absolute Gasteiger partial charge is 0.274 e. The van der Waals surface area contributed by atoms with Gasteiger partial charge in [-0.1, -0.05) is 17.7 Å². The molecule has 5 heteroatoms. The average Bonchev–Trinajstić information content (AvgIpc) is 2.57. The van der Waals surface area contributed by atoms with Crippen molar-refractivity contribution in [3.8, 4) is 0 Å². The lowest BCUT2D eigenvalue weighted by molar-refractivity contribution is -0.880. The number of rotatable bonds is 3. The summed E-state index contributed by atoms with van der Waals surface area (Å²) in [5.41, 5.74) is 2.59. The minimum absolute atomic E-state index is 0.0886. The molecule has 2 aromatic rings. The Morgan fingerprint density at radius 2 is 1.83 bits per heavy atom. The summed E-state index contributed by atoms with van der Waals surface area (Å²) >= 11 is 0. The Kier molecular flexibility index (Phi) is 4.57. The molecule has 0 bridgehead atoms. The van der Waals surface area contributed by atoms with Crippen molar-refractivity contribution in [3.05, 3.63) is 53.7 Å². The molecule has 2 heterocycles. The van der Waals surface area contributed by atoms with E-state index < -0.39 is 0 Å². The highest BCUT2D eigenvalue weighted by molar-refractivity contribution is 6.04. The van der Waals surface area contributed by atoms with Crippen molar-refractivity contribution >= 4 is 17.4 Å². The molecular weight excluding hydrogens is 288 g/mol. The highest BCUT2D eigenvalue weighted by Gasteiger charge is 2.23. The largest absolute Gasteiger partial charge is 0.331 e. The molecule has 1 amide bonds. The fraction of sp³-hybridized carbons (Fsp3) is 0.333. The number of carbonyl (C=O) groups excluding carboxylic acids is 1. The van der Waals surface area contributed by atoms with Gasteiger partial charge < -0.3 is 10.2 Å². The summed E-state index contributed by atoms with van der Waals surface area (Å²) in [5.74, 6) is 1.01. The van der Waals surface area contributed by atoms with Crippen LogP contribution in [0.3, 0.4) is 0 Å². The first-order chi connectivity index (χ1) is 11.1. The van der Waals surface area contributed by atoms with Crippen molar-refractivity contribution in [2.45, 2.75) is 6.92 Å². The van der Waals surface area contributed by atoms with Crippen molar-refractivity contribution in [1.29, 1.82) is 0 Å². The number of piperazine rings is 1. The van der Waals surface area contributed by atoms with Crippen LogP contribution in [0.15, 0.2) is 42.6 Å². The van der Waals surface area contributed by atoms with Crippen molar-refractivity contribution in [1.82, 2.24) is 0 Å². The van der Waals surface area contributed by atoms with Gasteiger partial charge in [-0.05, 0) is 25.1 Å². The second kappa shape index (κ2) is 6.79. The predicted octanol–water partition coefficient (Wildman–Crippen LogP) is 0.396. The standard InChI is InChI=1S/C18H22N4O/c1-14-3-5-15(6-4-14)18(23)20-16-7-8-17(19-13-16)22-11-9-21(2)10-12-22/h3-8,13H,9-12H2,1-2H3,(H,20,23)/p+2. The number of aryl methyl sites for hydroxylation is 1. The fourth-order valence-electron chi connectivity index (χ4n) is 2.73. The van der Waals surface area contributed by atoms with E-state index in [1.807, 2.05) is 49.5 Å². The Bertz CT molecular complexity index is 658. The minimum Gasteiger partial charge on any atom is -0.331 e. The van der Waals surface area contributed by atoms with Gasteiger partial charge in [-0.15, -0.1) is 0 Å². The number of nitrogens with zero attached hydrogens (tertiary/aromatic N) is 1. The summed E-state index contributed by atoms with van der Waals surface area (Å²) in [6.07, 6.45) is 1.85. The predicted molar refractivity (Wildman–Crippen MR) is 91.0 cm³/mol. The van der Waals surface area contributed by atoms with E-state index in [-0.39, 0.29) is 5.91 Å². The van der Waals surface area contributed by atoms with Gasteiger partial charge in [-0.25, -0.2) is 4.98 Å². The Morgan fingerprint density at radius 1 is 1.13 bits per heavy atom. The van der Waals surface area contributed by atoms with Crippen LogP contribution in [0.5, 0.6) is 0 Å². The average molecular weight is 312 g/mol. The van der Waals surface area contributed by atoms with Gasteiger partial charge in [0, 0.05) is 11.6 Å². The summed E-state index contributed by atoms with van der Waals surface area (Å²) in [4.78, 5) is 19.4. The quantitative estimate of drug-likeness (QED) is 0.862. The lowest BCUT2D eigenvalue weighted by Gasteiger charge is -2.25. The number of hydrogen-bond acceptors (Lipinski definition) is 2. The van der Waals surface area contributed by atoms with Gasteiger partial charge in [-0.3, -0.25) is 9.69 Å². The van der Waals surface area contributed by atoms with Crippen LogP contribution in [0.25, 0.3) is 0 Å². The van der Waals surface area contributed by atoms with Crippen LogP contribution >= 0.6 is 0 Å². The monoisotopic (exact) mass is 312 g/mol. The molecule has 3 N–H and O–H groups in total. The molecule has 5 nitrogen and oxygen atoms in total. The molecule has 0 spiro atoms. The molecule has 1 saturated heterocycles. The number of quaternary nitrogens is 1. The maximum Gasteiger partial charge on any atom is 0.274 e. The van der Waals surface area contributed by atoms with Crippen LogP contribution in [-0.2, 0) is 0 Å². The third kappa shape index (κ3) is 3.87. The second-order valence-corrected chi connectivity index (χ2v) is 6.23. The Labute approximate surface area is 136 Å². The number of H-pyrrole nitrogens is 1. The van der Waals surface area contributed by atoms with E-state index in [0.717, 1.165) is 43.2 Å². The SMILES string of the molecule is Cc1ccc(C(=O)Nc2ccc(N3CC[NH+](C)CC3)[nH+]c2)cc1. The van der Waals surface area contributed by atoms with E-state index in [0.29, 0.717) is 5.56 Å². The van der Waals surface area contributed by atoms with E-state index in [4.69, 9.17) is 0 Å². The Hall–Kier alpha value is -2.40. The van der Waals surface area contributed by atoms with E-state index in [9.17, 15) is 4.79 Å². The normalized spacial score (nSPS) is 15.5. The van der Waals surface area contributed by atoms with Gasteiger partial charge >= 0.3 is 0 Å². The van der Waals surface area contributed by atoms with E-state index in [1.165, 1.54) is 0 Å². The van der Waals surface area contributed by atoms with Crippen molar-refractivity contribution in [2.75, 3.05) is 43.4 Å².